The maximum atomic E-state index is 13.1. The number of morpholine rings is 1. The van der Waals surface area contributed by atoms with Gasteiger partial charge in [0.1, 0.15) is 0 Å². The largest absolute Gasteiger partial charge is 0.378 e. The topological polar surface area (TPSA) is 53.1 Å². The van der Waals surface area contributed by atoms with Gasteiger partial charge in [0.15, 0.2) is 0 Å². The van der Waals surface area contributed by atoms with Crippen LogP contribution in [0.15, 0.2) is 48.5 Å². The Morgan fingerprint density at radius 2 is 1.86 bits per heavy atom. The number of ether oxygens (including phenoxy) is 1. The number of carbonyl (C=O) groups excluding carboxylic acids is 2. The second kappa shape index (κ2) is 8.66. The van der Waals surface area contributed by atoms with Crippen molar-refractivity contribution in [3.63, 3.8) is 0 Å². The van der Waals surface area contributed by atoms with E-state index in [2.05, 4.69) is 17.0 Å². The minimum atomic E-state index is -0.0460. The average molecular weight is 393 g/mol. The van der Waals surface area contributed by atoms with Gasteiger partial charge in [-0.05, 0) is 36.2 Å². The Balaban J connectivity index is 1.50. The Morgan fingerprint density at radius 3 is 2.62 bits per heavy atom. The lowest BCUT2D eigenvalue weighted by molar-refractivity contribution is -0.117. The molecule has 2 aliphatic rings. The first kappa shape index (κ1) is 19.5. The molecule has 2 aliphatic heterocycles. The highest BCUT2D eigenvalue weighted by Crippen LogP contribution is 2.25. The highest BCUT2D eigenvalue weighted by molar-refractivity contribution is 5.99. The molecule has 0 bridgehead atoms. The van der Waals surface area contributed by atoms with Gasteiger partial charge in [0.2, 0.25) is 5.91 Å². The number of rotatable bonds is 5. The summed E-state index contributed by atoms with van der Waals surface area (Å²) in [6.45, 7) is 4.43. The number of amides is 2. The molecule has 0 radical (unpaired) electrons. The van der Waals surface area contributed by atoms with Gasteiger partial charge in [0.25, 0.3) is 5.91 Å². The van der Waals surface area contributed by atoms with Crippen LogP contribution in [-0.2, 0) is 16.1 Å². The number of hydrogen-bond acceptors (Lipinski definition) is 4. The Hall–Kier alpha value is -2.86. The zero-order valence-electron chi connectivity index (χ0n) is 16.8. The summed E-state index contributed by atoms with van der Waals surface area (Å²) in [7, 11) is 1.83. The zero-order chi connectivity index (χ0) is 20.2. The van der Waals surface area contributed by atoms with E-state index in [9.17, 15) is 9.59 Å². The molecular weight excluding hydrogens is 366 g/mol. The van der Waals surface area contributed by atoms with Gasteiger partial charge in [-0.15, -0.1) is 0 Å². The molecule has 0 N–H and O–H groups in total. The molecule has 6 nitrogen and oxygen atoms in total. The number of benzene rings is 2. The Kier molecular flexibility index (Phi) is 5.81. The SMILES string of the molecule is CN(Cc1ccccc1N1CCOCC1)C(=O)c1cccc(N2CCCC2=O)c1. The number of carbonyl (C=O) groups is 2. The van der Waals surface area contributed by atoms with Crippen molar-refractivity contribution in [1.82, 2.24) is 4.90 Å². The molecule has 2 amide bonds. The highest BCUT2D eigenvalue weighted by atomic mass is 16.5. The third kappa shape index (κ3) is 4.27. The predicted octanol–water partition coefficient (Wildman–Crippen LogP) is 2.92. The van der Waals surface area contributed by atoms with Crippen LogP contribution in [0, 0.1) is 0 Å². The van der Waals surface area contributed by atoms with E-state index < -0.39 is 0 Å². The number of anilines is 2. The molecule has 0 aliphatic carbocycles. The van der Waals surface area contributed by atoms with Gasteiger partial charge in [-0.3, -0.25) is 9.59 Å². The van der Waals surface area contributed by atoms with Gasteiger partial charge >= 0.3 is 0 Å². The first-order valence-corrected chi connectivity index (χ1v) is 10.2. The molecule has 29 heavy (non-hydrogen) atoms. The van der Waals surface area contributed by atoms with Crippen molar-refractivity contribution in [3.8, 4) is 0 Å². The molecule has 2 heterocycles. The van der Waals surface area contributed by atoms with Crippen LogP contribution in [0.25, 0.3) is 0 Å². The van der Waals surface area contributed by atoms with E-state index in [0.29, 0.717) is 18.5 Å². The number of para-hydroxylation sites is 1. The molecular formula is C23H27N3O3. The van der Waals surface area contributed by atoms with Crippen LogP contribution in [0.5, 0.6) is 0 Å². The summed E-state index contributed by atoms with van der Waals surface area (Å²) >= 11 is 0. The summed E-state index contributed by atoms with van der Waals surface area (Å²) < 4.78 is 5.46. The van der Waals surface area contributed by atoms with E-state index in [1.54, 1.807) is 9.80 Å². The molecule has 2 aromatic carbocycles. The molecule has 0 spiro atoms. The smallest absolute Gasteiger partial charge is 0.253 e. The van der Waals surface area contributed by atoms with Gasteiger partial charge in [-0.1, -0.05) is 24.3 Å². The number of nitrogens with zero attached hydrogens (tertiary/aromatic N) is 3. The maximum Gasteiger partial charge on any atom is 0.253 e. The molecule has 2 saturated heterocycles. The summed E-state index contributed by atoms with van der Waals surface area (Å²) in [6, 6.07) is 15.6. The van der Waals surface area contributed by atoms with Crippen molar-refractivity contribution in [3.05, 3.63) is 59.7 Å². The normalized spacial score (nSPS) is 16.9. The van der Waals surface area contributed by atoms with Crippen LogP contribution in [0.3, 0.4) is 0 Å². The van der Waals surface area contributed by atoms with E-state index in [-0.39, 0.29) is 11.8 Å². The molecule has 0 atom stereocenters. The number of hydrogen-bond donors (Lipinski definition) is 0. The van der Waals surface area contributed by atoms with Crippen molar-refractivity contribution >= 4 is 23.2 Å². The van der Waals surface area contributed by atoms with Crippen LogP contribution in [0.2, 0.25) is 0 Å². The second-order valence-corrected chi connectivity index (χ2v) is 7.59. The first-order chi connectivity index (χ1) is 14.1. The van der Waals surface area contributed by atoms with Gasteiger partial charge in [-0.25, -0.2) is 0 Å². The van der Waals surface area contributed by atoms with Gasteiger partial charge in [0.05, 0.1) is 13.2 Å². The van der Waals surface area contributed by atoms with Crippen molar-refractivity contribution in [2.24, 2.45) is 0 Å². The fourth-order valence-corrected chi connectivity index (χ4v) is 4.03. The highest BCUT2D eigenvalue weighted by Gasteiger charge is 2.23. The molecule has 2 aromatic rings. The Morgan fingerprint density at radius 1 is 1.07 bits per heavy atom. The van der Waals surface area contributed by atoms with Crippen molar-refractivity contribution < 1.29 is 14.3 Å². The third-order valence-corrected chi connectivity index (χ3v) is 5.58. The zero-order valence-corrected chi connectivity index (χ0v) is 16.8. The van der Waals surface area contributed by atoms with E-state index in [1.807, 2.05) is 43.4 Å². The van der Waals surface area contributed by atoms with E-state index >= 15 is 0 Å². The van der Waals surface area contributed by atoms with Crippen LogP contribution in [-0.4, -0.2) is 56.6 Å². The second-order valence-electron chi connectivity index (χ2n) is 7.59. The summed E-state index contributed by atoms with van der Waals surface area (Å²) in [5.74, 6) is 0.0812. The molecule has 0 aromatic heterocycles. The van der Waals surface area contributed by atoms with Crippen LogP contribution >= 0.6 is 0 Å². The molecule has 4 rings (SSSR count). The van der Waals surface area contributed by atoms with E-state index in [0.717, 1.165) is 56.2 Å². The van der Waals surface area contributed by atoms with Crippen molar-refractivity contribution in [2.75, 3.05) is 49.7 Å². The summed E-state index contributed by atoms with van der Waals surface area (Å²) in [4.78, 5) is 30.9. The average Bonchev–Trinajstić information content (AvgIpc) is 3.20. The molecule has 0 saturated carbocycles. The van der Waals surface area contributed by atoms with Crippen LogP contribution in [0.4, 0.5) is 11.4 Å². The Labute approximate surface area is 171 Å². The quantitative estimate of drug-likeness (QED) is 0.784. The monoisotopic (exact) mass is 393 g/mol. The molecule has 6 heteroatoms. The third-order valence-electron chi connectivity index (χ3n) is 5.58. The lowest BCUT2D eigenvalue weighted by Gasteiger charge is -2.31. The minimum absolute atomic E-state index is 0.0460. The predicted molar refractivity (Wildman–Crippen MR) is 113 cm³/mol. The van der Waals surface area contributed by atoms with Crippen molar-refractivity contribution in [1.29, 1.82) is 0 Å². The molecule has 0 unspecified atom stereocenters. The fourth-order valence-electron chi connectivity index (χ4n) is 4.03. The molecule has 2 fully saturated rings. The lowest BCUT2D eigenvalue weighted by atomic mass is 10.1. The first-order valence-electron chi connectivity index (χ1n) is 10.2. The fraction of sp³-hybridized carbons (Fsp3) is 0.391. The standard InChI is InChI=1S/C23H27N3O3/c1-24(17-19-6-2-3-9-21(19)25-12-14-29-15-13-25)23(28)18-7-4-8-20(16-18)26-11-5-10-22(26)27/h2-4,6-9,16H,5,10-15,17H2,1H3. The summed E-state index contributed by atoms with van der Waals surface area (Å²) in [5, 5.41) is 0. The van der Waals surface area contributed by atoms with E-state index in [4.69, 9.17) is 4.74 Å². The van der Waals surface area contributed by atoms with Crippen LogP contribution in [0.1, 0.15) is 28.8 Å². The summed E-state index contributed by atoms with van der Waals surface area (Å²) in [6.07, 6.45) is 1.45. The Bertz CT molecular complexity index is 892. The molecule has 152 valence electrons. The van der Waals surface area contributed by atoms with Crippen LogP contribution < -0.4 is 9.80 Å². The minimum Gasteiger partial charge on any atom is -0.378 e. The lowest BCUT2D eigenvalue weighted by Crippen LogP contribution is -2.37. The van der Waals surface area contributed by atoms with E-state index in [1.165, 1.54) is 0 Å². The summed E-state index contributed by atoms with van der Waals surface area (Å²) in [5.41, 5.74) is 3.69. The van der Waals surface area contributed by atoms with Gasteiger partial charge in [-0.2, -0.15) is 0 Å². The van der Waals surface area contributed by atoms with Crippen molar-refractivity contribution in [2.45, 2.75) is 19.4 Å². The van der Waals surface area contributed by atoms with Gasteiger partial charge < -0.3 is 19.4 Å². The maximum absolute atomic E-state index is 13.1. The van der Waals surface area contributed by atoms with Gasteiger partial charge in [0, 0.05) is 56.6 Å².